The van der Waals surface area contributed by atoms with Gasteiger partial charge in [-0.05, 0) is 45.0 Å². The Morgan fingerprint density at radius 1 is 1.07 bits per heavy atom. The van der Waals surface area contributed by atoms with Gasteiger partial charge in [-0.1, -0.05) is 0 Å². The summed E-state index contributed by atoms with van der Waals surface area (Å²) in [7, 11) is -3.77. The summed E-state index contributed by atoms with van der Waals surface area (Å²) < 4.78 is 73.6. The number of alkyl halides is 3. The van der Waals surface area contributed by atoms with Crippen molar-refractivity contribution in [3.8, 4) is 5.75 Å². The Labute approximate surface area is 172 Å². The van der Waals surface area contributed by atoms with E-state index in [4.69, 9.17) is 4.74 Å². The van der Waals surface area contributed by atoms with E-state index < -0.39 is 52.0 Å². The zero-order valence-electron chi connectivity index (χ0n) is 16.0. The first-order valence-corrected chi connectivity index (χ1v) is 9.36. The molecule has 8 nitrogen and oxygen atoms in total. The van der Waals surface area contributed by atoms with Crippen molar-refractivity contribution in [3.05, 3.63) is 24.3 Å². The van der Waals surface area contributed by atoms with Gasteiger partial charge in [-0.3, -0.25) is 9.69 Å². The van der Waals surface area contributed by atoms with Crippen molar-refractivity contribution in [2.45, 2.75) is 32.5 Å². The van der Waals surface area contributed by atoms with Crippen molar-refractivity contribution in [1.29, 1.82) is 0 Å². The van der Waals surface area contributed by atoms with Gasteiger partial charge in [0.1, 0.15) is 17.9 Å². The zero-order chi connectivity index (χ0) is 21.8. The van der Waals surface area contributed by atoms with Crippen LogP contribution < -0.4 is 9.08 Å². The molecule has 0 N–H and O–H groups in total. The van der Waals surface area contributed by atoms with Crippen LogP contribution in [0.4, 0.5) is 23.7 Å². The highest BCUT2D eigenvalue weighted by Gasteiger charge is 2.36. The van der Waals surface area contributed by atoms with E-state index in [0.717, 1.165) is 24.1 Å². The Morgan fingerprint density at radius 3 is 2.00 bits per heavy atom. The Hall–Kier alpha value is -2.21. The number of carbonyl (C=O) groups excluding carboxylic acids is 2. The molecular formula is C16H21ClF3NO7S. The van der Waals surface area contributed by atoms with E-state index in [-0.39, 0.29) is 18.1 Å². The SMILES string of the molecule is COC(=O)CN(C(=O)OC(C)(C)C)c1ccc(OS(=O)(=O)CC(F)(F)F)cc1.Cl. The fourth-order valence-electron chi connectivity index (χ4n) is 1.83. The topological polar surface area (TPSA) is 99.2 Å². The number of esters is 1. The fraction of sp³-hybridized carbons (Fsp3) is 0.500. The number of anilines is 1. The second kappa shape index (κ2) is 10.0. The molecule has 1 amide bonds. The number of nitrogens with zero attached hydrogens (tertiary/aromatic N) is 1. The van der Waals surface area contributed by atoms with Crippen molar-refractivity contribution < 1.29 is 44.8 Å². The smallest absolute Gasteiger partial charge is 0.415 e. The molecule has 0 saturated heterocycles. The van der Waals surface area contributed by atoms with Crippen LogP contribution in [0.25, 0.3) is 0 Å². The average molecular weight is 464 g/mol. The number of ether oxygens (including phenoxy) is 2. The maximum atomic E-state index is 12.3. The standard InChI is InChI=1S/C16H20F3NO7S.ClH/c1-15(2,3)26-14(22)20(9-13(21)25-4)11-5-7-12(8-6-11)27-28(23,24)10-16(17,18)19;/h5-8H,9-10H2,1-4H3;1H. The first-order valence-electron chi connectivity index (χ1n) is 7.78. The molecule has 0 bridgehead atoms. The maximum Gasteiger partial charge on any atom is 0.415 e. The van der Waals surface area contributed by atoms with E-state index in [2.05, 4.69) is 8.92 Å². The minimum Gasteiger partial charge on any atom is -0.468 e. The number of rotatable bonds is 6. The van der Waals surface area contributed by atoms with E-state index in [1.165, 1.54) is 12.1 Å². The Bertz CT molecular complexity index is 805. The molecule has 0 aromatic heterocycles. The van der Waals surface area contributed by atoms with E-state index >= 15 is 0 Å². The molecule has 1 rings (SSSR count). The minimum atomic E-state index is -4.95. The lowest BCUT2D eigenvalue weighted by atomic mass is 10.2. The van der Waals surface area contributed by atoms with Gasteiger partial charge in [-0.25, -0.2) is 4.79 Å². The highest BCUT2D eigenvalue weighted by molar-refractivity contribution is 7.87. The largest absolute Gasteiger partial charge is 0.468 e. The summed E-state index contributed by atoms with van der Waals surface area (Å²) in [6.45, 7) is 4.34. The third kappa shape index (κ3) is 10.2. The number of amides is 1. The van der Waals surface area contributed by atoms with Crippen LogP contribution in [0.1, 0.15) is 20.8 Å². The Kier molecular flexibility index (Phi) is 9.25. The normalized spacial score (nSPS) is 11.8. The molecular weight excluding hydrogens is 443 g/mol. The summed E-state index contributed by atoms with van der Waals surface area (Å²) in [5, 5.41) is 0. The second-order valence-corrected chi connectivity index (χ2v) is 8.11. The Balaban J connectivity index is 0.00000784. The molecule has 166 valence electrons. The predicted octanol–water partition coefficient (Wildman–Crippen LogP) is 3.29. The third-order valence-electron chi connectivity index (χ3n) is 2.84. The molecule has 1 aromatic rings. The number of hydrogen-bond acceptors (Lipinski definition) is 7. The van der Waals surface area contributed by atoms with Gasteiger partial charge >= 0.3 is 28.4 Å². The predicted molar refractivity (Wildman–Crippen MR) is 99.8 cm³/mol. The minimum absolute atomic E-state index is 0. The fourth-order valence-corrected chi connectivity index (χ4v) is 2.69. The monoisotopic (exact) mass is 463 g/mol. The van der Waals surface area contributed by atoms with Crippen LogP contribution in [0.3, 0.4) is 0 Å². The van der Waals surface area contributed by atoms with E-state index in [1.54, 1.807) is 20.8 Å². The van der Waals surface area contributed by atoms with Gasteiger partial charge in [0.25, 0.3) is 0 Å². The molecule has 0 fully saturated rings. The van der Waals surface area contributed by atoms with Gasteiger partial charge in [0.15, 0.2) is 5.75 Å². The molecule has 0 aliphatic carbocycles. The Morgan fingerprint density at radius 2 is 1.59 bits per heavy atom. The van der Waals surface area contributed by atoms with Crippen LogP contribution in [-0.2, 0) is 24.4 Å². The van der Waals surface area contributed by atoms with Crippen LogP contribution >= 0.6 is 12.4 Å². The number of carbonyl (C=O) groups is 2. The lowest BCUT2D eigenvalue weighted by Gasteiger charge is -2.26. The van der Waals surface area contributed by atoms with Crippen LogP contribution in [0.15, 0.2) is 24.3 Å². The van der Waals surface area contributed by atoms with Crippen LogP contribution in [0.5, 0.6) is 5.75 Å². The number of methoxy groups -OCH3 is 1. The van der Waals surface area contributed by atoms with Crippen LogP contribution in [0, 0.1) is 0 Å². The molecule has 0 radical (unpaired) electrons. The van der Waals surface area contributed by atoms with Crippen LogP contribution in [-0.4, -0.2) is 51.7 Å². The molecule has 0 aliphatic rings. The van der Waals surface area contributed by atoms with Crippen molar-refractivity contribution in [2.24, 2.45) is 0 Å². The van der Waals surface area contributed by atoms with Crippen molar-refractivity contribution in [1.82, 2.24) is 0 Å². The molecule has 0 heterocycles. The summed E-state index contributed by atoms with van der Waals surface area (Å²) in [5.41, 5.74) is -0.750. The number of hydrogen-bond donors (Lipinski definition) is 0. The number of benzene rings is 1. The van der Waals surface area contributed by atoms with Crippen molar-refractivity contribution in [2.75, 3.05) is 24.3 Å². The highest BCUT2D eigenvalue weighted by Crippen LogP contribution is 2.24. The van der Waals surface area contributed by atoms with Gasteiger partial charge in [-0.15, -0.1) is 12.4 Å². The van der Waals surface area contributed by atoms with Crippen molar-refractivity contribution in [3.63, 3.8) is 0 Å². The van der Waals surface area contributed by atoms with Crippen molar-refractivity contribution >= 4 is 40.3 Å². The molecule has 0 spiro atoms. The quantitative estimate of drug-likeness (QED) is 0.471. The first-order chi connectivity index (χ1) is 12.6. The second-order valence-electron chi connectivity index (χ2n) is 6.54. The lowest BCUT2D eigenvalue weighted by molar-refractivity contribution is -0.139. The van der Waals surface area contributed by atoms with Gasteiger partial charge in [-0.2, -0.15) is 21.6 Å². The van der Waals surface area contributed by atoms with E-state index in [1.807, 2.05) is 0 Å². The third-order valence-corrected chi connectivity index (χ3v) is 3.97. The van der Waals surface area contributed by atoms with E-state index in [9.17, 15) is 31.2 Å². The highest BCUT2D eigenvalue weighted by atomic mass is 35.5. The number of halogens is 4. The first kappa shape index (κ1) is 26.8. The average Bonchev–Trinajstić information content (AvgIpc) is 2.48. The molecule has 0 saturated carbocycles. The summed E-state index contributed by atoms with van der Waals surface area (Å²) in [4.78, 5) is 24.8. The lowest BCUT2D eigenvalue weighted by Crippen LogP contribution is -2.40. The molecule has 13 heteroatoms. The van der Waals surface area contributed by atoms with E-state index in [0.29, 0.717) is 0 Å². The summed E-state index contributed by atoms with van der Waals surface area (Å²) in [6, 6.07) is 4.45. The van der Waals surface area contributed by atoms with Gasteiger partial charge in [0.2, 0.25) is 0 Å². The summed E-state index contributed by atoms with van der Waals surface area (Å²) in [5.74, 6) is -3.29. The molecule has 0 atom stereocenters. The molecule has 1 aromatic carbocycles. The molecule has 0 unspecified atom stereocenters. The van der Waals surface area contributed by atoms with Gasteiger partial charge in [0, 0.05) is 5.69 Å². The van der Waals surface area contributed by atoms with Gasteiger partial charge in [0.05, 0.1) is 7.11 Å². The summed E-state index contributed by atoms with van der Waals surface area (Å²) >= 11 is 0. The molecule has 29 heavy (non-hydrogen) atoms. The summed E-state index contributed by atoms with van der Waals surface area (Å²) in [6.07, 6.45) is -5.83. The zero-order valence-corrected chi connectivity index (χ0v) is 17.6. The molecule has 0 aliphatic heterocycles. The van der Waals surface area contributed by atoms with Gasteiger partial charge < -0.3 is 13.7 Å². The maximum absolute atomic E-state index is 12.3. The van der Waals surface area contributed by atoms with Crippen LogP contribution in [0.2, 0.25) is 0 Å².